The molecule has 1 atom stereocenters. The molecule has 140 heavy (non-hydrogen) atoms. The Labute approximate surface area is 874 Å². The molecule has 2 aliphatic heterocycles. The van der Waals surface area contributed by atoms with Crippen molar-refractivity contribution in [1.29, 1.82) is 0 Å². The van der Waals surface area contributed by atoms with Gasteiger partial charge < -0.3 is 16.4 Å². The molecule has 0 aliphatic carbocycles. The number of hydrogen-bond donors (Lipinski definition) is 0. The number of carbonyl (C=O) groups is 1. The van der Waals surface area contributed by atoms with E-state index in [1.165, 1.54) is 164 Å². The third kappa shape index (κ3) is 35.0. The average molecular weight is 2060 g/mol. The molecular weight excluding hydrogens is 1930 g/mol. The van der Waals surface area contributed by atoms with Crippen molar-refractivity contribution in [1.82, 2.24) is 0 Å². The Morgan fingerprint density at radius 2 is 0.550 bits per heavy atom. The third-order valence-corrected chi connectivity index (χ3v) is 35.0. The van der Waals surface area contributed by atoms with Crippen LogP contribution in [0.4, 0.5) is 0 Å². The number of aryl methyl sites for hydroxylation is 8. The van der Waals surface area contributed by atoms with Crippen LogP contribution >= 0.6 is 62.0 Å². The van der Waals surface area contributed by atoms with E-state index in [9.17, 15) is 9.36 Å². The molecule has 0 N–H and O–H groups in total. The van der Waals surface area contributed by atoms with Crippen molar-refractivity contribution in [3.05, 3.63) is 540 Å². The normalized spacial score (nSPS) is 11.7. The Morgan fingerprint density at radius 1 is 0.329 bits per heavy atom. The van der Waals surface area contributed by atoms with Gasteiger partial charge in [0.05, 0.1) is 6.61 Å². The first-order chi connectivity index (χ1) is 67.5. The topological polar surface area (TPSA) is 71.1 Å². The molecule has 18 rings (SSSR count). The quantitative estimate of drug-likeness (QED) is 0.00731. The minimum absolute atomic E-state index is 0. The Kier molecular flexibility index (Phi) is 46.7. The number of ether oxygens (including phenoxy) is 2. The van der Waals surface area contributed by atoms with E-state index in [1.807, 2.05) is 147 Å². The molecule has 0 amide bonds. The van der Waals surface area contributed by atoms with Crippen LogP contribution in [-0.4, -0.2) is 53.6 Å². The predicted molar refractivity (Wildman–Crippen MR) is 606 cm³/mol. The van der Waals surface area contributed by atoms with Gasteiger partial charge in [-0.1, -0.05) is 478 Å². The molecule has 0 radical (unpaired) electrons. The molecule has 0 bridgehead atoms. The van der Waals surface area contributed by atoms with Crippen molar-refractivity contribution in [3.8, 4) is 0 Å². The fraction of sp³-hybridized carbons (Fsp3) is 0.175. The molecule has 2 fully saturated rings. The van der Waals surface area contributed by atoms with Gasteiger partial charge in [0, 0.05) is 56.7 Å². The summed E-state index contributed by atoms with van der Waals surface area (Å²) in [4.78, 5) is 16.7. The Bertz CT molecular complexity index is 6010. The SMILES string of the molecule is C1CCOC1.C1CCOC1.CCOO[P+](=O)Cc1ccc(Br)cc1.Cc1ccc(C(=Cc2ccc(Br)cc2)c2ccc(C)cc2)cc1.Cc1ccc(C(=Cc2ccc([Si](c3ccccc3)(c3ccccc3)c3ccc(C=C(c4ccc(C)cc4)c4ccc(C)cc4)cc3)cc2)c2ccc(C)cc2)cc1.Cc1ccc(C(=O)c2ccc(C)cc2)cc1.Cl[Si](Cl)(c1ccccc1)c1ccccc1.[CH2-]CCC.[Li+]. The summed E-state index contributed by atoms with van der Waals surface area (Å²) >= 11 is 19.8. The average Bonchev–Trinajstić information content (AvgIpc) is 0.842. The van der Waals surface area contributed by atoms with Crippen LogP contribution in [0, 0.1) is 62.3 Å². The van der Waals surface area contributed by atoms with E-state index in [4.69, 9.17) is 31.6 Å². The largest absolute Gasteiger partial charge is 1.00 e. The second kappa shape index (κ2) is 59.0. The molecule has 16 aromatic rings. The first-order valence-corrected chi connectivity index (χ1v) is 56.7. The third-order valence-electron chi connectivity index (χ3n) is 23.5. The number of carbonyl (C=O) groups excluding carboxylic acids is 1. The van der Waals surface area contributed by atoms with Gasteiger partial charge in [-0.3, -0.25) is 4.79 Å². The fourth-order valence-corrected chi connectivity index (χ4v) is 24.5. The number of benzene rings is 16. The molecule has 708 valence electrons. The maximum atomic E-state index is 12.1. The number of rotatable bonds is 23. The smallest absolute Gasteiger partial charge is 0.381 e. The van der Waals surface area contributed by atoms with Crippen LogP contribution in [0.1, 0.15) is 168 Å². The molecular formula is C126H127Br2Cl2LiO6PSi2+. The van der Waals surface area contributed by atoms with E-state index in [0.29, 0.717) is 12.8 Å². The molecule has 0 saturated carbocycles. The number of unbranched alkanes of at least 4 members (excludes halogenated alkanes) is 1. The Morgan fingerprint density at radius 3 is 0.779 bits per heavy atom. The first kappa shape index (κ1) is 111. The molecule has 0 aromatic heterocycles. The molecule has 2 heterocycles. The van der Waals surface area contributed by atoms with Crippen molar-refractivity contribution in [2.24, 2.45) is 0 Å². The second-order valence-corrected chi connectivity index (χ2v) is 47.7. The van der Waals surface area contributed by atoms with Crippen LogP contribution < -0.4 is 50.0 Å². The van der Waals surface area contributed by atoms with Crippen LogP contribution in [0.25, 0.3) is 34.9 Å². The second-order valence-electron chi connectivity index (χ2n) is 34.6. The first-order valence-electron chi connectivity index (χ1n) is 47.8. The number of hydrogen-bond acceptors (Lipinski definition) is 6. The summed E-state index contributed by atoms with van der Waals surface area (Å²) in [6.45, 7) is 26.2. The summed E-state index contributed by atoms with van der Waals surface area (Å²) in [6, 6.07) is 145. The van der Waals surface area contributed by atoms with Gasteiger partial charge in [0.2, 0.25) is 6.16 Å². The summed E-state index contributed by atoms with van der Waals surface area (Å²) in [6.07, 6.45) is 14.7. The van der Waals surface area contributed by atoms with E-state index in [2.05, 4.69) is 394 Å². The van der Waals surface area contributed by atoms with Gasteiger partial charge in [-0.05, 0) is 233 Å². The monoisotopic (exact) mass is 2060 g/mol. The molecule has 2 saturated heterocycles. The van der Waals surface area contributed by atoms with Gasteiger partial charge in [-0.25, -0.2) is 0 Å². The van der Waals surface area contributed by atoms with Crippen molar-refractivity contribution in [3.63, 3.8) is 0 Å². The van der Waals surface area contributed by atoms with Gasteiger partial charge >= 0.3 is 33.6 Å². The molecule has 1 unspecified atom stereocenters. The maximum Gasteiger partial charge on any atom is 1.00 e. The van der Waals surface area contributed by atoms with Gasteiger partial charge in [0.15, 0.2) is 13.9 Å². The van der Waals surface area contributed by atoms with E-state index in [0.717, 1.165) is 68.9 Å². The Balaban J connectivity index is 0.000000197. The standard InChI is InChI=1S/C56H48Si.C22H19Br.C15H14O.C12H10Cl2Si.C9H11BrO3P.2C4H8O.C4H9.Li/c1-41-15-27-47(28-16-41)55(48-29-17-42(2)18-30-48)39-45-23-35-53(36-24-45)57(51-11-7-5-8-12-51,52-13-9-6-10-14-52)54-37-25-46(26-38-54)40-56(49-31-19-43(3)20-32-49)50-33-21-44(4)22-34-50;1-16-3-9-19(10-4-16)22(20-11-5-17(2)6-12-20)15-18-7-13-21(23)14-8-18;1-11-3-7-13(8-4-11)15(16)14-9-5-12(2)6-10-14;13-15(14,11-7-3-1-4-8-11)12-9-5-2-6-10-12;1-2-12-13-14(11)7-8-3-5-9(10)6-4-8;2*1-2-4-5-3-1;1-3-4-2;/h5-40H,1-4H3;3-15H,1-2H3;3-10H,1-2H3;1-10H;3-6H,2,7H2,1H3;2*1-4H2;1,3-4H2,2H3;/q;;;;+1;;;-1;+1. The van der Waals surface area contributed by atoms with Gasteiger partial charge in [-0.2, -0.15) is 11.3 Å². The van der Waals surface area contributed by atoms with E-state index in [1.54, 1.807) is 6.92 Å². The zero-order valence-corrected chi connectivity index (χ0v) is 90.2. The van der Waals surface area contributed by atoms with Crippen LogP contribution in [0.2, 0.25) is 0 Å². The zero-order chi connectivity index (χ0) is 98.6. The summed E-state index contributed by atoms with van der Waals surface area (Å²) in [7, 11) is -4.51. The molecule has 14 heteroatoms. The van der Waals surface area contributed by atoms with Gasteiger partial charge in [0.1, 0.15) is 0 Å². The van der Waals surface area contributed by atoms with E-state index in [-0.39, 0.29) is 24.6 Å². The van der Waals surface area contributed by atoms with Crippen molar-refractivity contribution >= 4 is 149 Å². The van der Waals surface area contributed by atoms with Crippen LogP contribution in [0.15, 0.2) is 421 Å². The summed E-state index contributed by atoms with van der Waals surface area (Å²) in [5, 5.41) is 7.49. The van der Waals surface area contributed by atoms with Crippen LogP contribution in [0.5, 0.6) is 0 Å². The van der Waals surface area contributed by atoms with Gasteiger partial charge in [0.25, 0.3) is 0 Å². The number of halogens is 4. The minimum atomic E-state index is -2.75. The summed E-state index contributed by atoms with van der Waals surface area (Å²) in [5.74, 6) is 0.0833. The van der Waals surface area contributed by atoms with Gasteiger partial charge in [-0.15, -0.1) is 22.2 Å². The minimum Gasteiger partial charge on any atom is -0.381 e. The molecule has 6 nitrogen and oxygen atoms in total. The zero-order valence-electron chi connectivity index (χ0n) is 82.6. The fourth-order valence-electron chi connectivity index (χ4n) is 15.4. The summed E-state index contributed by atoms with van der Waals surface area (Å²) in [5.41, 5.74) is 27.0. The molecule has 16 aromatic carbocycles. The maximum absolute atomic E-state index is 12.1. The van der Waals surface area contributed by atoms with E-state index >= 15 is 0 Å². The van der Waals surface area contributed by atoms with Crippen molar-refractivity contribution in [2.75, 3.05) is 33.0 Å². The predicted octanol–water partition coefficient (Wildman–Crippen LogP) is 28.3. The molecule has 0 spiro atoms. The van der Waals surface area contributed by atoms with E-state index < -0.39 is 22.8 Å². The summed E-state index contributed by atoms with van der Waals surface area (Å²) < 4.78 is 27.9. The Hall–Kier alpha value is -11.1. The van der Waals surface area contributed by atoms with Crippen LogP contribution in [0.3, 0.4) is 0 Å². The van der Waals surface area contributed by atoms with Crippen LogP contribution in [-0.2, 0) is 29.8 Å². The van der Waals surface area contributed by atoms with Crippen molar-refractivity contribution < 1.29 is 47.3 Å². The molecule has 2 aliphatic rings. The number of ketones is 1. The van der Waals surface area contributed by atoms with Crippen molar-refractivity contribution in [2.45, 2.75) is 114 Å².